The number of piperazine rings is 1. The van der Waals surface area contributed by atoms with Gasteiger partial charge in [-0.3, -0.25) is 4.90 Å². The van der Waals surface area contributed by atoms with Gasteiger partial charge < -0.3 is 14.8 Å². The van der Waals surface area contributed by atoms with E-state index in [1.807, 2.05) is 17.5 Å². The summed E-state index contributed by atoms with van der Waals surface area (Å²) in [5, 5.41) is 7.37. The van der Waals surface area contributed by atoms with E-state index in [-0.39, 0.29) is 29.9 Å². The van der Waals surface area contributed by atoms with Crippen LogP contribution >= 0.6 is 23.7 Å². The van der Waals surface area contributed by atoms with Gasteiger partial charge in [0.15, 0.2) is 11.5 Å². The SMILES string of the molecule is Cl.FC1(F)Oc2cccc([C@H](c3ccsc3)N3CCNCC3)c2O1. The number of thiophene rings is 1. The number of nitrogens with zero attached hydrogens (tertiary/aromatic N) is 1. The Morgan fingerprint density at radius 1 is 1.17 bits per heavy atom. The summed E-state index contributed by atoms with van der Waals surface area (Å²) < 4.78 is 36.4. The highest BCUT2D eigenvalue weighted by Gasteiger charge is 2.45. The highest BCUT2D eigenvalue weighted by molar-refractivity contribution is 7.08. The molecule has 8 heteroatoms. The highest BCUT2D eigenvalue weighted by atomic mass is 35.5. The molecule has 1 aromatic carbocycles. The van der Waals surface area contributed by atoms with Gasteiger partial charge in [0.05, 0.1) is 6.04 Å². The normalized spacial score (nSPS) is 20.4. The molecule has 24 heavy (non-hydrogen) atoms. The summed E-state index contributed by atoms with van der Waals surface area (Å²) in [6.45, 7) is 3.45. The van der Waals surface area contributed by atoms with Crippen LogP contribution in [0.3, 0.4) is 0 Å². The van der Waals surface area contributed by atoms with E-state index < -0.39 is 6.29 Å². The van der Waals surface area contributed by atoms with Crippen molar-refractivity contribution in [1.82, 2.24) is 10.2 Å². The smallest absolute Gasteiger partial charge is 0.395 e. The quantitative estimate of drug-likeness (QED) is 0.891. The largest absolute Gasteiger partial charge is 0.586 e. The van der Waals surface area contributed by atoms with Crippen molar-refractivity contribution >= 4 is 23.7 Å². The fourth-order valence-electron chi connectivity index (χ4n) is 3.16. The summed E-state index contributed by atoms with van der Waals surface area (Å²) in [4.78, 5) is 2.29. The van der Waals surface area contributed by atoms with Crippen molar-refractivity contribution in [3.8, 4) is 11.5 Å². The Hall–Kier alpha value is -1.41. The van der Waals surface area contributed by atoms with Gasteiger partial charge in [-0.1, -0.05) is 12.1 Å². The highest BCUT2D eigenvalue weighted by Crippen LogP contribution is 2.47. The van der Waals surface area contributed by atoms with Crippen molar-refractivity contribution < 1.29 is 18.3 Å². The topological polar surface area (TPSA) is 33.7 Å². The van der Waals surface area contributed by atoms with Gasteiger partial charge in [0.1, 0.15) is 0 Å². The maximum Gasteiger partial charge on any atom is 0.586 e. The van der Waals surface area contributed by atoms with Gasteiger partial charge in [0, 0.05) is 31.7 Å². The third-order valence-electron chi connectivity index (χ3n) is 4.13. The molecule has 4 nitrogen and oxygen atoms in total. The van der Waals surface area contributed by atoms with Crippen LogP contribution in [-0.2, 0) is 0 Å². The molecule has 130 valence electrons. The summed E-state index contributed by atoms with van der Waals surface area (Å²) in [6.07, 6.45) is -3.60. The fraction of sp³-hybridized carbons (Fsp3) is 0.375. The Kier molecular flexibility index (Phi) is 4.96. The minimum absolute atomic E-state index is 0. The zero-order valence-electron chi connectivity index (χ0n) is 12.7. The zero-order chi connectivity index (χ0) is 15.9. The van der Waals surface area contributed by atoms with E-state index in [2.05, 4.69) is 20.3 Å². The molecule has 2 aromatic rings. The number of hydrogen-bond donors (Lipinski definition) is 1. The van der Waals surface area contributed by atoms with Crippen molar-refractivity contribution in [2.24, 2.45) is 0 Å². The number of alkyl halides is 2. The average Bonchev–Trinajstić information content (AvgIpc) is 3.15. The van der Waals surface area contributed by atoms with Gasteiger partial charge in [-0.05, 0) is 28.5 Å². The van der Waals surface area contributed by atoms with Crippen LogP contribution in [-0.4, -0.2) is 37.4 Å². The second-order valence-corrected chi connectivity index (χ2v) is 6.37. The molecule has 0 aliphatic carbocycles. The Labute approximate surface area is 148 Å². The number of fused-ring (bicyclic) bond motifs is 1. The summed E-state index contributed by atoms with van der Waals surface area (Å²) in [5.74, 6) is 0.245. The Bertz CT molecular complexity index is 693. The van der Waals surface area contributed by atoms with Crippen LogP contribution in [0.4, 0.5) is 8.78 Å². The Morgan fingerprint density at radius 3 is 2.67 bits per heavy atom. The van der Waals surface area contributed by atoms with E-state index in [9.17, 15) is 8.78 Å². The first-order valence-corrected chi connectivity index (χ1v) is 8.44. The molecule has 2 aliphatic heterocycles. The first-order valence-electron chi connectivity index (χ1n) is 7.50. The van der Waals surface area contributed by atoms with Crippen LogP contribution in [0.5, 0.6) is 11.5 Å². The molecule has 0 bridgehead atoms. The lowest BCUT2D eigenvalue weighted by Crippen LogP contribution is -2.45. The monoisotopic (exact) mass is 374 g/mol. The zero-order valence-corrected chi connectivity index (χ0v) is 14.3. The molecule has 1 atom stereocenters. The third-order valence-corrected chi connectivity index (χ3v) is 4.83. The van der Waals surface area contributed by atoms with Gasteiger partial charge in [-0.15, -0.1) is 21.2 Å². The van der Waals surface area contributed by atoms with Crippen molar-refractivity contribution in [3.63, 3.8) is 0 Å². The van der Waals surface area contributed by atoms with Crippen molar-refractivity contribution in [2.75, 3.05) is 26.2 Å². The van der Waals surface area contributed by atoms with Crippen LogP contribution in [0.15, 0.2) is 35.0 Å². The number of ether oxygens (including phenoxy) is 2. The van der Waals surface area contributed by atoms with Crippen molar-refractivity contribution in [2.45, 2.75) is 12.3 Å². The van der Waals surface area contributed by atoms with Crippen LogP contribution in [0.2, 0.25) is 0 Å². The molecular weight excluding hydrogens is 358 g/mol. The maximum absolute atomic E-state index is 13.5. The average molecular weight is 375 g/mol. The number of hydrogen-bond acceptors (Lipinski definition) is 5. The van der Waals surface area contributed by atoms with Crippen LogP contribution in [0, 0.1) is 0 Å². The van der Waals surface area contributed by atoms with E-state index in [0.717, 1.165) is 37.3 Å². The van der Waals surface area contributed by atoms with Crippen molar-refractivity contribution in [3.05, 3.63) is 46.2 Å². The molecule has 0 radical (unpaired) electrons. The predicted molar refractivity (Wildman–Crippen MR) is 90.5 cm³/mol. The molecule has 1 N–H and O–H groups in total. The molecular formula is C16H17ClF2N2O2S. The molecule has 0 amide bonds. The van der Waals surface area contributed by atoms with Gasteiger partial charge >= 0.3 is 6.29 Å². The molecule has 2 aliphatic rings. The van der Waals surface area contributed by atoms with E-state index in [4.69, 9.17) is 4.74 Å². The lowest BCUT2D eigenvalue weighted by atomic mass is 9.97. The lowest BCUT2D eigenvalue weighted by Gasteiger charge is -2.35. The molecule has 1 aromatic heterocycles. The molecule has 0 spiro atoms. The third kappa shape index (κ3) is 3.21. The Morgan fingerprint density at radius 2 is 1.96 bits per heavy atom. The van der Waals surface area contributed by atoms with E-state index in [1.165, 1.54) is 6.07 Å². The summed E-state index contributed by atoms with van der Waals surface area (Å²) in [5.41, 5.74) is 1.81. The van der Waals surface area contributed by atoms with Crippen LogP contribution < -0.4 is 14.8 Å². The van der Waals surface area contributed by atoms with Crippen LogP contribution in [0.1, 0.15) is 17.2 Å². The second-order valence-electron chi connectivity index (χ2n) is 5.59. The number of benzene rings is 1. The van der Waals surface area contributed by atoms with Gasteiger partial charge in [-0.2, -0.15) is 11.3 Å². The van der Waals surface area contributed by atoms with Gasteiger partial charge in [0.25, 0.3) is 0 Å². The number of halogens is 3. The number of rotatable bonds is 3. The minimum Gasteiger partial charge on any atom is -0.395 e. The number of para-hydroxylation sites is 1. The first-order chi connectivity index (χ1) is 11.1. The van der Waals surface area contributed by atoms with Gasteiger partial charge in [0.2, 0.25) is 0 Å². The second kappa shape index (κ2) is 6.84. The molecule has 3 heterocycles. The van der Waals surface area contributed by atoms with E-state index in [1.54, 1.807) is 17.4 Å². The molecule has 4 rings (SSSR count). The minimum atomic E-state index is -3.60. The lowest BCUT2D eigenvalue weighted by molar-refractivity contribution is -0.287. The molecule has 1 saturated heterocycles. The Balaban J connectivity index is 0.00000169. The maximum atomic E-state index is 13.5. The first kappa shape index (κ1) is 17.4. The predicted octanol–water partition coefficient (Wildman–Crippen LogP) is 3.49. The summed E-state index contributed by atoms with van der Waals surface area (Å²) in [7, 11) is 0. The summed E-state index contributed by atoms with van der Waals surface area (Å²) in [6, 6.07) is 7.01. The summed E-state index contributed by atoms with van der Waals surface area (Å²) >= 11 is 1.60. The fourth-order valence-corrected chi connectivity index (χ4v) is 3.84. The van der Waals surface area contributed by atoms with E-state index in [0.29, 0.717) is 0 Å². The molecule has 1 fully saturated rings. The standard InChI is InChI=1S/C16H16F2N2O2S.ClH/c17-16(18)21-13-3-1-2-12(15(13)22-16)14(11-4-9-23-10-11)20-7-5-19-6-8-20;/h1-4,9-10,14,19H,5-8H2;1H/t14-;/m0./s1. The van der Waals surface area contributed by atoms with E-state index >= 15 is 0 Å². The molecule has 0 saturated carbocycles. The van der Waals surface area contributed by atoms with Gasteiger partial charge in [-0.25, -0.2) is 0 Å². The number of nitrogens with one attached hydrogen (secondary N) is 1. The molecule has 0 unspecified atom stereocenters. The van der Waals surface area contributed by atoms with Crippen LogP contribution in [0.25, 0.3) is 0 Å². The van der Waals surface area contributed by atoms with Crippen molar-refractivity contribution in [1.29, 1.82) is 0 Å².